The van der Waals surface area contributed by atoms with E-state index in [4.69, 9.17) is 0 Å². The Hall–Kier alpha value is -1.74. The van der Waals surface area contributed by atoms with E-state index < -0.39 is 40.0 Å². The van der Waals surface area contributed by atoms with E-state index in [1.165, 1.54) is 38.2 Å². The van der Waals surface area contributed by atoms with Gasteiger partial charge in [-0.3, -0.25) is 9.35 Å². The zero-order valence-electron chi connectivity index (χ0n) is 25.1. The Labute approximate surface area is 244 Å². The first-order chi connectivity index (χ1) is 19.2. The number of allylic oxidation sites excluding steroid dienone is 7. The van der Waals surface area contributed by atoms with Gasteiger partial charge >= 0.3 is 0 Å². The quantitative estimate of drug-likeness (QED) is 0.0495. The van der Waals surface area contributed by atoms with E-state index in [9.17, 15) is 28.0 Å². The lowest BCUT2D eigenvalue weighted by atomic mass is 10.1. The minimum Gasteiger partial charge on any atom is -0.387 e. The van der Waals surface area contributed by atoms with E-state index in [-0.39, 0.29) is 6.42 Å². The van der Waals surface area contributed by atoms with Crippen LogP contribution in [0.15, 0.2) is 48.6 Å². The maximum atomic E-state index is 12.4. The Morgan fingerprint density at radius 1 is 0.675 bits per heavy atom. The number of rotatable bonds is 26. The SMILES string of the molecule is CCCC/C=C\CCCCCCC(O)C(=O)NC(CS(=O)(=O)O)C(O)/C=C/CC/C=C/CC/C=C/CCCCC. The Morgan fingerprint density at radius 2 is 1.15 bits per heavy atom. The van der Waals surface area contributed by atoms with Crippen molar-refractivity contribution in [1.29, 1.82) is 0 Å². The second-order valence-electron chi connectivity index (χ2n) is 10.5. The molecule has 0 saturated heterocycles. The maximum absolute atomic E-state index is 12.4. The van der Waals surface area contributed by atoms with Gasteiger partial charge < -0.3 is 15.5 Å². The summed E-state index contributed by atoms with van der Waals surface area (Å²) in [6, 6.07) is -1.26. The maximum Gasteiger partial charge on any atom is 0.267 e. The lowest BCUT2D eigenvalue weighted by Crippen LogP contribution is -2.50. The van der Waals surface area contributed by atoms with Gasteiger partial charge in [0.15, 0.2) is 0 Å². The molecular formula is C32H57NO6S. The fraction of sp³-hybridized carbons (Fsp3) is 0.719. The molecule has 0 aromatic carbocycles. The Bertz CT molecular complexity index is 834. The van der Waals surface area contributed by atoms with E-state index in [1.807, 2.05) is 0 Å². The Morgan fingerprint density at radius 3 is 1.70 bits per heavy atom. The first-order valence-corrected chi connectivity index (χ1v) is 17.1. The van der Waals surface area contributed by atoms with Crippen LogP contribution in [0.1, 0.15) is 123 Å². The summed E-state index contributed by atoms with van der Waals surface area (Å²) in [4.78, 5) is 12.4. The van der Waals surface area contributed by atoms with Crippen molar-refractivity contribution in [2.24, 2.45) is 0 Å². The van der Waals surface area contributed by atoms with Crippen LogP contribution in [0.3, 0.4) is 0 Å². The van der Waals surface area contributed by atoms with Crippen LogP contribution in [-0.2, 0) is 14.9 Å². The van der Waals surface area contributed by atoms with Crippen LogP contribution in [0.4, 0.5) is 0 Å². The molecule has 3 unspecified atom stereocenters. The summed E-state index contributed by atoms with van der Waals surface area (Å²) in [5.41, 5.74) is 0. The number of aliphatic hydroxyl groups excluding tert-OH is 2. The number of amides is 1. The predicted octanol–water partition coefficient (Wildman–Crippen LogP) is 6.98. The molecule has 0 rings (SSSR count). The number of carbonyl (C=O) groups excluding carboxylic acids is 1. The van der Waals surface area contributed by atoms with Crippen molar-refractivity contribution in [3.05, 3.63) is 48.6 Å². The number of aliphatic hydroxyl groups is 2. The standard InChI is InChI=1S/C32H57NO6S/c1-3-5-7-9-11-13-15-16-17-19-20-22-24-26-30(34)29(28-40(37,38)39)33-32(36)31(35)27-25-23-21-18-14-12-10-8-6-4-2/h10-13,17,19,24,26,29-31,34-35H,3-9,14-16,18,20-23,25,27-28H2,1-2H3,(H,33,36)(H,37,38,39)/b12-10-,13-11+,19-17+,26-24+. The van der Waals surface area contributed by atoms with Gasteiger partial charge in [-0.05, 0) is 64.2 Å². The third-order valence-electron chi connectivity index (χ3n) is 6.56. The third kappa shape index (κ3) is 25.2. The largest absolute Gasteiger partial charge is 0.387 e. The van der Waals surface area contributed by atoms with Crippen LogP contribution in [0.5, 0.6) is 0 Å². The second kappa shape index (κ2) is 26.2. The van der Waals surface area contributed by atoms with E-state index in [0.717, 1.165) is 57.8 Å². The molecular weight excluding hydrogens is 526 g/mol. The fourth-order valence-electron chi connectivity index (χ4n) is 4.11. The highest BCUT2D eigenvalue weighted by atomic mass is 32.2. The first-order valence-electron chi connectivity index (χ1n) is 15.4. The fourth-order valence-corrected chi connectivity index (χ4v) is 4.85. The summed E-state index contributed by atoms with van der Waals surface area (Å²) < 4.78 is 32.2. The van der Waals surface area contributed by atoms with Crippen molar-refractivity contribution in [2.75, 3.05) is 5.75 Å². The molecule has 0 aromatic rings. The minimum absolute atomic E-state index is 0.254. The molecule has 0 bridgehead atoms. The highest BCUT2D eigenvalue weighted by Gasteiger charge is 2.27. The minimum atomic E-state index is -4.45. The molecule has 0 saturated carbocycles. The number of nitrogens with one attached hydrogen (secondary N) is 1. The van der Waals surface area contributed by atoms with Gasteiger partial charge in [0.25, 0.3) is 10.1 Å². The Kier molecular flexibility index (Phi) is 25.0. The van der Waals surface area contributed by atoms with Crippen molar-refractivity contribution in [3.63, 3.8) is 0 Å². The highest BCUT2D eigenvalue weighted by Crippen LogP contribution is 2.10. The lowest BCUT2D eigenvalue weighted by molar-refractivity contribution is -0.130. The molecule has 4 N–H and O–H groups in total. The monoisotopic (exact) mass is 583 g/mol. The van der Waals surface area contributed by atoms with E-state index >= 15 is 0 Å². The number of carbonyl (C=O) groups is 1. The number of hydrogen-bond acceptors (Lipinski definition) is 5. The normalized spacial score (nSPS) is 15.0. The molecule has 0 fully saturated rings. The van der Waals surface area contributed by atoms with Crippen LogP contribution in [0.2, 0.25) is 0 Å². The van der Waals surface area contributed by atoms with Crippen LogP contribution in [0.25, 0.3) is 0 Å². The van der Waals surface area contributed by atoms with Gasteiger partial charge in [-0.1, -0.05) is 107 Å². The van der Waals surface area contributed by atoms with Crippen molar-refractivity contribution in [1.82, 2.24) is 5.32 Å². The second-order valence-corrected chi connectivity index (χ2v) is 12.0. The molecule has 1 amide bonds. The van der Waals surface area contributed by atoms with Crippen molar-refractivity contribution >= 4 is 16.0 Å². The zero-order valence-corrected chi connectivity index (χ0v) is 25.9. The van der Waals surface area contributed by atoms with Crippen molar-refractivity contribution < 1.29 is 28.0 Å². The molecule has 0 aliphatic rings. The number of hydrogen-bond donors (Lipinski definition) is 4. The van der Waals surface area contributed by atoms with Gasteiger partial charge in [-0.2, -0.15) is 8.42 Å². The van der Waals surface area contributed by atoms with Crippen LogP contribution in [-0.4, -0.2) is 53.1 Å². The van der Waals surface area contributed by atoms with Gasteiger partial charge in [0.05, 0.1) is 17.9 Å². The van der Waals surface area contributed by atoms with Gasteiger partial charge in [0.2, 0.25) is 5.91 Å². The van der Waals surface area contributed by atoms with Gasteiger partial charge in [0, 0.05) is 0 Å². The molecule has 232 valence electrons. The molecule has 7 nitrogen and oxygen atoms in total. The molecule has 0 aliphatic heterocycles. The first kappa shape index (κ1) is 38.3. The molecule has 0 spiro atoms. The molecule has 0 aromatic heterocycles. The summed E-state index contributed by atoms with van der Waals surface area (Å²) in [5.74, 6) is -1.59. The summed E-state index contributed by atoms with van der Waals surface area (Å²) in [5, 5.41) is 23.1. The number of unbranched alkanes of at least 4 members (excludes halogenated alkanes) is 11. The van der Waals surface area contributed by atoms with E-state index in [0.29, 0.717) is 12.8 Å². The van der Waals surface area contributed by atoms with Crippen molar-refractivity contribution in [2.45, 2.75) is 141 Å². The van der Waals surface area contributed by atoms with E-state index in [1.54, 1.807) is 6.08 Å². The molecule has 40 heavy (non-hydrogen) atoms. The molecule has 0 radical (unpaired) electrons. The zero-order chi connectivity index (χ0) is 29.9. The Balaban J connectivity index is 4.38. The van der Waals surface area contributed by atoms with Crippen LogP contribution in [0, 0.1) is 0 Å². The third-order valence-corrected chi connectivity index (χ3v) is 7.34. The molecule has 8 heteroatoms. The average Bonchev–Trinajstić information content (AvgIpc) is 2.90. The van der Waals surface area contributed by atoms with Crippen LogP contribution < -0.4 is 5.32 Å². The van der Waals surface area contributed by atoms with Gasteiger partial charge in [-0.25, -0.2) is 0 Å². The summed E-state index contributed by atoms with van der Waals surface area (Å²) in [7, 11) is -4.45. The highest BCUT2D eigenvalue weighted by molar-refractivity contribution is 7.85. The van der Waals surface area contributed by atoms with Gasteiger partial charge in [-0.15, -0.1) is 0 Å². The molecule has 0 aliphatic carbocycles. The van der Waals surface area contributed by atoms with Crippen molar-refractivity contribution in [3.8, 4) is 0 Å². The topological polar surface area (TPSA) is 124 Å². The molecule has 3 atom stereocenters. The smallest absolute Gasteiger partial charge is 0.267 e. The summed E-state index contributed by atoms with van der Waals surface area (Å²) >= 11 is 0. The molecule has 0 heterocycles. The van der Waals surface area contributed by atoms with E-state index in [2.05, 4.69) is 55.6 Å². The summed E-state index contributed by atoms with van der Waals surface area (Å²) in [6.07, 6.45) is 30.3. The van der Waals surface area contributed by atoms with Gasteiger partial charge in [0.1, 0.15) is 6.10 Å². The lowest BCUT2D eigenvalue weighted by Gasteiger charge is -2.22. The van der Waals surface area contributed by atoms with Crippen LogP contribution >= 0.6 is 0 Å². The summed E-state index contributed by atoms with van der Waals surface area (Å²) in [6.45, 7) is 4.37. The predicted molar refractivity (Wildman–Crippen MR) is 167 cm³/mol. The average molecular weight is 584 g/mol.